The summed E-state index contributed by atoms with van der Waals surface area (Å²) in [4.78, 5) is 24.9. The number of benzene rings is 2. The van der Waals surface area contributed by atoms with Crippen molar-refractivity contribution in [2.75, 3.05) is 6.61 Å². The summed E-state index contributed by atoms with van der Waals surface area (Å²) in [6.45, 7) is 7.20. The van der Waals surface area contributed by atoms with Gasteiger partial charge in [0, 0.05) is 18.1 Å². The molecule has 5 nitrogen and oxygen atoms in total. The number of carbonyl (C=O) groups excluding carboxylic acids is 2. The maximum atomic E-state index is 12.6. The minimum atomic E-state index is -1.31. The van der Waals surface area contributed by atoms with E-state index in [1.54, 1.807) is 0 Å². The number of hydrogen-bond acceptors (Lipinski definition) is 4. The first-order chi connectivity index (χ1) is 13.7. The molecule has 0 unspecified atom stereocenters. The smallest absolute Gasteiger partial charge is 0.408 e. The summed E-state index contributed by atoms with van der Waals surface area (Å²) in [7, 11) is -1.31. The van der Waals surface area contributed by atoms with Gasteiger partial charge in [-0.1, -0.05) is 62.1 Å². The van der Waals surface area contributed by atoms with E-state index in [9.17, 15) is 9.59 Å². The van der Waals surface area contributed by atoms with Gasteiger partial charge in [0.25, 0.3) is 0 Å². The molecule has 0 aliphatic rings. The van der Waals surface area contributed by atoms with Crippen LogP contribution in [0.5, 0.6) is 0 Å². The summed E-state index contributed by atoms with van der Waals surface area (Å²) in [5, 5.41) is 2.67. The molecule has 0 aliphatic carbocycles. The third-order valence-electron chi connectivity index (χ3n) is 4.24. The molecule has 0 fully saturated rings. The van der Waals surface area contributed by atoms with Crippen LogP contribution in [0.25, 0.3) is 0 Å². The molecule has 1 amide bonds. The molecule has 1 N–H and O–H groups in total. The number of alkyl carbamates (subject to hydrolysis) is 1. The predicted octanol–water partition coefficient (Wildman–Crippen LogP) is 5.01. The zero-order valence-corrected chi connectivity index (χ0v) is 20.3. The van der Waals surface area contributed by atoms with E-state index in [0.29, 0.717) is 13.0 Å². The van der Waals surface area contributed by atoms with Crippen molar-refractivity contribution in [2.45, 2.75) is 44.8 Å². The highest BCUT2D eigenvalue weighted by Crippen LogP contribution is 2.12. The fourth-order valence-corrected chi connectivity index (χ4v) is 3.59. The van der Waals surface area contributed by atoms with Crippen molar-refractivity contribution in [2.24, 2.45) is 0 Å². The largest absolute Gasteiger partial charge is 0.464 e. The molecule has 2 aromatic carbocycles. The molecule has 0 aliphatic heterocycles. The van der Waals surface area contributed by atoms with Crippen LogP contribution < -0.4 is 5.32 Å². The van der Waals surface area contributed by atoms with Gasteiger partial charge in [0.05, 0.1) is 6.61 Å². The number of nitrogens with one attached hydrogen (secondary N) is 1. The van der Waals surface area contributed by atoms with Gasteiger partial charge in [-0.2, -0.15) is 0 Å². The molecule has 0 saturated heterocycles. The third-order valence-corrected chi connectivity index (χ3v) is 6.66. The van der Waals surface area contributed by atoms with Gasteiger partial charge in [-0.3, -0.25) is 0 Å². The van der Waals surface area contributed by atoms with Gasteiger partial charge in [0.15, 0.2) is 0 Å². The number of halogens is 1. The van der Waals surface area contributed by atoms with Gasteiger partial charge >= 0.3 is 12.1 Å². The number of hydrogen-bond donors (Lipinski definition) is 1. The van der Waals surface area contributed by atoms with E-state index in [2.05, 4.69) is 47.5 Å². The monoisotopic (exact) mass is 525 g/mol. The molecule has 156 valence electrons. The highest BCUT2D eigenvalue weighted by atomic mass is 127. The summed E-state index contributed by atoms with van der Waals surface area (Å²) in [5.41, 5.74) is 1.83. The van der Waals surface area contributed by atoms with E-state index in [0.717, 1.165) is 20.7 Å². The molecule has 0 radical (unpaired) electrons. The van der Waals surface area contributed by atoms with Crippen LogP contribution >= 0.6 is 22.6 Å². The lowest BCUT2D eigenvalue weighted by Crippen LogP contribution is -2.44. The van der Waals surface area contributed by atoms with Crippen LogP contribution in [0.2, 0.25) is 25.7 Å². The Balaban J connectivity index is 1.97. The number of esters is 1. The van der Waals surface area contributed by atoms with Crippen LogP contribution in [0, 0.1) is 3.57 Å². The lowest BCUT2D eigenvalue weighted by atomic mass is 10.1. The Hall–Kier alpha value is -1.87. The second-order valence-electron chi connectivity index (χ2n) is 8.07. The van der Waals surface area contributed by atoms with E-state index >= 15 is 0 Å². The summed E-state index contributed by atoms with van der Waals surface area (Å²) in [6, 6.07) is 17.3. The quantitative estimate of drug-likeness (QED) is 0.284. The Labute approximate surface area is 187 Å². The molecule has 2 rings (SSSR count). The Kier molecular flexibility index (Phi) is 9.16. The van der Waals surface area contributed by atoms with Crippen LogP contribution in [0.1, 0.15) is 11.1 Å². The Morgan fingerprint density at radius 3 is 2.24 bits per heavy atom. The molecule has 1 atom stereocenters. The van der Waals surface area contributed by atoms with Gasteiger partial charge in [0.2, 0.25) is 0 Å². The highest BCUT2D eigenvalue weighted by Gasteiger charge is 2.24. The molecule has 2 aromatic rings. The fourth-order valence-electron chi connectivity index (χ4n) is 2.51. The SMILES string of the molecule is C[Si](C)(C)CCOC(=O)[C@H](Cc1ccc(I)cc1)NC(=O)OCc1ccccc1. The summed E-state index contributed by atoms with van der Waals surface area (Å²) >= 11 is 2.23. The lowest BCUT2D eigenvalue weighted by Gasteiger charge is -2.20. The van der Waals surface area contributed by atoms with Crippen molar-refractivity contribution in [3.63, 3.8) is 0 Å². The van der Waals surface area contributed by atoms with E-state index < -0.39 is 26.2 Å². The molecular weight excluding hydrogens is 497 g/mol. The molecule has 7 heteroatoms. The van der Waals surface area contributed by atoms with E-state index in [4.69, 9.17) is 9.47 Å². The molecule has 0 saturated carbocycles. The lowest BCUT2D eigenvalue weighted by molar-refractivity contribution is -0.145. The molecule has 0 spiro atoms. The van der Waals surface area contributed by atoms with Crippen molar-refractivity contribution in [3.8, 4) is 0 Å². The minimum Gasteiger partial charge on any atom is -0.464 e. The van der Waals surface area contributed by atoms with Gasteiger partial charge in [-0.15, -0.1) is 0 Å². The van der Waals surface area contributed by atoms with E-state index in [1.165, 1.54) is 0 Å². The van der Waals surface area contributed by atoms with Gasteiger partial charge in [-0.25, -0.2) is 9.59 Å². The topological polar surface area (TPSA) is 64.6 Å². The standard InChI is InChI=1S/C22H28INO4Si/c1-29(2,3)14-13-27-21(25)20(15-17-9-11-19(23)12-10-17)24-22(26)28-16-18-7-5-4-6-8-18/h4-12,20H,13-16H2,1-3H3,(H,24,26)/t20-/m0/s1. The number of carbonyl (C=O) groups is 2. The summed E-state index contributed by atoms with van der Waals surface area (Å²) in [6.07, 6.45) is -0.283. The molecule has 0 aromatic heterocycles. The Bertz CT molecular complexity index is 791. The molecule has 29 heavy (non-hydrogen) atoms. The molecule has 0 bridgehead atoms. The predicted molar refractivity (Wildman–Crippen MR) is 126 cm³/mol. The zero-order valence-electron chi connectivity index (χ0n) is 17.1. The van der Waals surface area contributed by atoms with Crippen molar-refractivity contribution in [1.82, 2.24) is 5.32 Å². The van der Waals surface area contributed by atoms with Crippen molar-refractivity contribution >= 4 is 42.7 Å². The second-order valence-corrected chi connectivity index (χ2v) is 14.9. The fraction of sp³-hybridized carbons (Fsp3) is 0.364. The van der Waals surface area contributed by atoms with Crippen molar-refractivity contribution < 1.29 is 19.1 Å². The van der Waals surface area contributed by atoms with Gasteiger partial charge in [0.1, 0.15) is 12.6 Å². The minimum absolute atomic E-state index is 0.146. The van der Waals surface area contributed by atoms with Crippen molar-refractivity contribution in [3.05, 3.63) is 69.3 Å². The van der Waals surface area contributed by atoms with Crippen molar-refractivity contribution in [1.29, 1.82) is 0 Å². The molecular formula is C22H28INO4Si. The average Bonchev–Trinajstić information content (AvgIpc) is 2.67. The first kappa shape index (κ1) is 23.4. The maximum absolute atomic E-state index is 12.6. The van der Waals surface area contributed by atoms with E-state index in [-0.39, 0.29) is 6.61 Å². The Morgan fingerprint density at radius 2 is 1.62 bits per heavy atom. The van der Waals surface area contributed by atoms with Crippen LogP contribution in [0.3, 0.4) is 0 Å². The first-order valence-corrected chi connectivity index (χ1v) is 14.4. The third kappa shape index (κ3) is 9.45. The molecule has 0 heterocycles. The summed E-state index contributed by atoms with van der Waals surface area (Å²) in [5.74, 6) is -0.432. The highest BCUT2D eigenvalue weighted by molar-refractivity contribution is 14.1. The zero-order chi connectivity index (χ0) is 21.3. The summed E-state index contributed by atoms with van der Waals surface area (Å²) < 4.78 is 11.8. The van der Waals surface area contributed by atoms with Crippen LogP contribution in [-0.4, -0.2) is 32.8 Å². The second kappa shape index (κ2) is 11.3. The first-order valence-electron chi connectivity index (χ1n) is 9.61. The number of ether oxygens (including phenoxy) is 2. The Morgan fingerprint density at radius 1 is 0.966 bits per heavy atom. The maximum Gasteiger partial charge on any atom is 0.408 e. The number of amides is 1. The van der Waals surface area contributed by atoms with Gasteiger partial charge < -0.3 is 14.8 Å². The number of rotatable bonds is 9. The van der Waals surface area contributed by atoms with Gasteiger partial charge in [-0.05, 0) is 51.9 Å². The van der Waals surface area contributed by atoms with E-state index in [1.807, 2.05) is 54.6 Å². The van der Waals surface area contributed by atoms with Crippen LogP contribution in [-0.2, 0) is 27.3 Å². The normalized spacial score (nSPS) is 12.1. The van der Waals surface area contributed by atoms with Crippen LogP contribution in [0.4, 0.5) is 4.79 Å². The van der Waals surface area contributed by atoms with Crippen LogP contribution in [0.15, 0.2) is 54.6 Å². The average molecular weight is 525 g/mol.